The van der Waals surface area contributed by atoms with Crippen molar-refractivity contribution >= 4 is 17.6 Å². The first kappa shape index (κ1) is 28.6. The van der Waals surface area contributed by atoms with Gasteiger partial charge in [0.1, 0.15) is 5.84 Å². The molecule has 0 aromatic heterocycles. The Morgan fingerprint density at radius 3 is 1.87 bits per heavy atom. The standard InChI is InChI=1S/C39H34N2O4/c1-44-37-22-31(36-21-30-18-32(23-42)33(24-43)20-35(30)39-40-13-14-41(36)39)19-34(38(37)45-2)29-16-27(25-9-5-3-6-10-25)15-28(17-29)26-11-7-4-8-12-26/h3-12,15-22,42-43H,13-14,23-24H2,1-2H3. The molecule has 0 fully saturated rings. The molecule has 7 rings (SSSR count). The number of benzene rings is 5. The van der Waals surface area contributed by atoms with Crippen molar-refractivity contribution in [3.8, 4) is 44.9 Å². The monoisotopic (exact) mass is 594 g/mol. The molecule has 6 nitrogen and oxygen atoms in total. The summed E-state index contributed by atoms with van der Waals surface area (Å²) in [7, 11) is 3.34. The van der Waals surface area contributed by atoms with Gasteiger partial charge in [0.2, 0.25) is 0 Å². The van der Waals surface area contributed by atoms with Crippen LogP contribution in [0.3, 0.4) is 0 Å². The molecule has 0 aliphatic carbocycles. The first-order chi connectivity index (χ1) is 22.1. The maximum absolute atomic E-state index is 10.0. The number of aliphatic hydroxyl groups excluding tert-OH is 2. The first-order valence-electron chi connectivity index (χ1n) is 15.1. The summed E-state index contributed by atoms with van der Waals surface area (Å²) in [6.07, 6.45) is 2.14. The third-order valence-electron chi connectivity index (χ3n) is 8.61. The molecule has 2 aliphatic heterocycles. The van der Waals surface area contributed by atoms with E-state index < -0.39 is 0 Å². The molecule has 0 saturated heterocycles. The summed E-state index contributed by atoms with van der Waals surface area (Å²) < 4.78 is 12.0. The zero-order chi connectivity index (χ0) is 30.9. The van der Waals surface area contributed by atoms with Crippen molar-refractivity contribution < 1.29 is 19.7 Å². The van der Waals surface area contributed by atoms with Crippen LogP contribution in [0.2, 0.25) is 0 Å². The van der Waals surface area contributed by atoms with E-state index in [0.29, 0.717) is 29.2 Å². The van der Waals surface area contributed by atoms with Crippen molar-refractivity contribution in [2.24, 2.45) is 4.99 Å². The second kappa shape index (κ2) is 12.1. The number of hydrogen-bond donors (Lipinski definition) is 2. The van der Waals surface area contributed by atoms with Crippen LogP contribution in [0.4, 0.5) is 0 Å². The normalized spacial score (nSPS) is 13.6. The third kappa shape index (κ3) is 5.18. The van der Waals surface area contributed by atoms with E-state index >= 15 is 0 Å². The fraction of sp³-hybridized carbons (Fsp3) is 0.154. The molecule has 45 heavy (non-hydrogen) atoms. The Hall–Kier alpha value is -5.17. The van der Waals surface area contributed by atoms with E-state index in [-0.39, 0.29) is 13.2 Å². The summed E-state index contributed by atoms with van der Waals surface area (Å²) in [6, 6.07) is 35.5. The Bertz CT molecular complexity index is 1890. The Balaban J connectivity index is 1.45. The van der Waals surface area contributed by atoms with Gasteiger partial charge in [-0.05, 0) is 93.0 Å². The van der Waals surface area contributed by atoms with E-state index in [1.165, 1.54) is 0 Å². The lowest BCUT2D eigenvalue weighted by Crippen LogP contribution is -2.30. The Labute approximate surface area is 263 Å². The van der Waals surface area contributed by atoms with E-state index in [0.717, 1.165) is 68.1 Å². The van der Waals surface area contributed by atoms with E-state index in [9.17, 15) is 10.2 Å². The lowest BCUT2D eigenvalue weighted by Gasteiger charge is -2.30. The van der Waals surface area contributed by atoms with Gasteiger partial charge in [0, 0.05) is 23.2 Å². The molecule has 0 unspecified atom stereocenters. The lowest BCUT2D eigenvalue weighted by atomic mass is 9.90. The van der Waals surface area contributed by atoms with Crippen LogP contribution in [0.1, 0.15) is 27.8 Å². The maximum Gasteiger partial charge on any atom is 0.168 e. The predicted molar refractivity (Wildman–Crippen MR) is 180 cm³/mol. The number of amidine groups is 1. The zero-order valence-corrected chi connectivity index (χ0v) is 25.3. The van der Waals surface area contributed by atoms with Gasteiger partial charge in [-0.1, -0.05) is 60.7 Å². The van der Waals surface area contributed by atoms with Gasteiger partial charge < -0.3 is 24.6 Å². The quantitative estimate of drug-likeness (QED) is 0.198. The van der Waals surface area contributed by atoms with Crippen LogP contribution in [0.15, 0.2) is 108 Å². The van der Waals surface area contributed by atoms with Crippen LogP contribution in [0, 0.1) is 0 Å². The van der Waals surface area contributed by atoms with Gasteiger partial charge in [0.25, 0.3) is 0 Å². The van der Waals surface area contributed by atoms with Gasteiger partial charge in [-0.3, -0.25) is 4.99 Å². The topological polar surface area (TPSA) is 74.5 Å². The molecule has 6 heteroatoms. The smallest absolute Gasteiger partial charge is 0.168 e. The van der Waals surface area contributed by atoms with Gasteiger partial charge >= 0.3 is 0 Å². The fourth-order valence-electron chi connectivity index (χ4n) is 6.40. The molecule has 2 heterocycles. The zero-order valence-electron chi connectivity index (χ0n) is 25.3. The molecule has 5 aromatic carbocycles. The van der Waals surface area contributed by atoms with Crippen molar-refractivity contribution in [1.29, 1.82) is 0 Å². The van der Waals surface area contributed by atoms with Gasteiger partial charge in [0.15, 0.2) is 11.5 Å². The lowest BCUT2D eigenvalue weighted by molar-refractivity contribution is 0.260. The number of aliphatic imine (C=N–C) groups is 1. The predicted octanol–water partition coefficient (Wildman–Crippen LogP) is 7.26. The molecule has 0 bridgehead atoms. The number of ether oxygens (including phenoxy) is 2. The number of aliphatic hydroxyl groups is 2. The molecular formula is C39H34N2O4. The minimum Gasteiger partial charge on any atom is -0.493 e. The highest BCUT2D eigenvalue weighted by atomic mass is 16.5. The average molecular weight is 595 g/mol. The third-order valence-corrected chi connectivity index (χ3v) is 8.61. The van der Waals surface area contributed by atoms with Crippen molar-refractivity contribution in [2.45, 2.75) is 13.2 Å². The summed E-state index contributed by atoms with van der Waals surface area (Å²) in [5.74, 6) is 2.16. The highest BCUT2D eigenvalue weighted by molar-refractivity contribution is 6.13. The minimum absolute atomic E-state index is 0.140. The Morgan fingerprint density at radius 2 is 1.27 bits per heavy atom. The molecule has 5 aromatic rings. The Morgan fingerprint density at radius 1 is 0.644 bits per heavy atom. The van der Waals surface area contributed by atoms with Crippen LogP contribution < -0.4 is 9.47 Å². The van der Waals surface area contributed by atoms with Crippen molar-refractivity contribution in [3.05, 3.63) is 131 Å². The molecule has 2 aliphatic rings. The first-order valence-corrected chi connectivity index (χ1v) is 15.1. The van der Waals surface area contributed by atoms with E-state index in [1.807, 2.05) is 30.3 Å². The molecule has 0 atom stereocenters. The largest absolute Gasteiger partial charge is 0.493 e. The summed E-state index contributed by atoms with van der Waals surface area (Å²) in [6.45, 7) is 1.12. The van der Waals surface area contributed by atoms with E-state index in [2.05, 4.69) is 83.8 Å². The molecule has 0 amide bonds. The summed E-state index contributed by atoms with van der Waals surface area (Å²) in [4.78, 5) is 7.08. The molecule has 0 spiro atoms. The Kier molecular flexibility index (Phi) is 7.67. The number of methoxy groups -OCH3 is 2. The van der Waals surface area contributed by atoms with Crippen LogP contribution in [0.5, 0.6) is 11.5 Å². The van der Waals surface area contributed by atoms with Crippen molar-refractivity contribution in [2.75, 3.05) is 27.3 Å². The highest BCUT2D eigenvalue weighted by Gasteiger charge is 2.31. The second-order valence-corrected chi connectivity index (χ2v) is 11.2. The van der Waals surface area contributed by atoms with Gasteiger partial charge in [-0.25, -0.2) is 0 Å². The number of nitrogens with zero attached hydrogens (tertiary/aromatic N) is 2. The maximum atomic E-state index is 10.0. The van der Waals surface area contributed by atoms with Crippen molar-refractivity contribution in [1.82, 2.24) is 4.90 Å². The average Bonchev–Trinajstić information content (AvgIpc) is 3.61. The van der Waals surface area contributed by atoms with Crippen LogP contribution in [-0.4, -0.2) is 48.3 Å². The van der Waals surface area contributed by atoms with E-state index in [4.69, 9.17) is 14.5 Å². The fourth-order valence-corrected chi connectivity index (χ4v) is 6.40. The molecular weight excluding hydrogens is 560 g/mol. The van der Waals surface area contributed by atoms with Gasteiger partial charge in [0.05, 0.1) is 39.7 Å². The van der Waals surface area contributed by atoms with Gasteiger partial charge in [-0.2, -0.15) is 0 Å². The minimum atomic E-state index is -0.148. The van der Waals surface area contributed by atoms with Gasteiger partial charge in [-0.15, -0.1) is 0 Å². The van der Waals surface area contributed by atoms with Crippen LogP contribution in [-0.2, 0) is 13.2 Å². The summed E-state index contributed by atoms with van der Waals surface area (Å²) >= 11 is 0. The summed E-state index contributed by atoms with van der Waals surface area (Å²) in [5.41, 5.74) is 11.7. The SMILES string of the molecule is COc1cc(C2=Cc3cc(CO)c(CO)cc3C3=NCCN23)cc(-c2cc(-c3ccccc3)cc(-c3ccccc3)c2)c1OC. The molecule has 224 valence electrons. The molecule has 2 N–H and O–H groups in total. The van der Waals surface area contributed by atoms with Crippen molar-refractivity contribution in [3.63, 3.8) is 0 Å². The summed E-state index contributed by atoms with van der Waals surface area (Å²) in [5, 5.41) is 20.0. The second-order valence-electron chi connectivity index (χ2n) is 11.2. The number of rotatable bonds is 8. The number of fused-ring (bicyclic) bond motifs is 3. The van der Waals surface area contributed by atoms with Crippen LogP contribution >= 0.6 is 0 Å². The molecule has 0 saturated carbocycles. The number of hydrogen-bond acceptors (Lipinski definition) is 6. The van der Waals surface area contributed by atoms with E-state index in [1.54, 1.807) is 14.2 Å². The van der Waals surface area contributed by atoms with Crippen LogP contribution in [0.25, 0.3) is 45.2 Å². The molecule has 0 radical (unpaired) electrons. The highest BCUT2D eigenvalue weighted by Crippen LogP contribution is 2.45.